The van der Waals surface area contributed by atoms with Gasteiger partial charge >= 0.3 is 0 Å². The fourth-order valence-electron chi connectivity index (χ4n) is 3.24. The number of ether oxygens (including phenoxy) is 2. The van der Waals surface area contributed by atoms with Crippen molar-refractivity contribution < 1.29 is 24.1 Å². The molecule has 140 valence electrons. The molecular formula is C19H33N3O3+2. The smallest absolute Gasteiger partial charge is 0.275 e. The normalized spacial score (nSPS) is 21.4. The summed E-state index contributed by atoms with van der Waals surface area (Å²) in [7, 11) is 3.32. The Bertz CT molecular complexity index is 557. The van der Waals surface area contributed by atoms with Crippen LogP contribution in [0.2, 0.25) is 0 Å². The summed E-state index contributed by atoms with van der Waals surface area (Å²) in [4.78, 5) is 15.0. The van der Waals surface area contributed by atoms with E-state index in [4.69, 9.17) is 9.47 Å². The van der Waals surface area contributed by atoms with Crippen LogP contribution in [0, 0.1) is 0 Å². The molecule has 1 fully saturated rings. The Balaban J connectivity index is 1.79. The Kier molecular flexibility index (Phi) is 7.52. The molecule has 0 spiro atoms. The van der Waals surface area contributed by atoms with E-state index in [9.17, 15) is 4.79 Å². The van der Waals surface area contributed by atoms with Crippen LogP contribution in [0.4, 0.5) is 0 Å². The predicted molar refractivity (Wildman–Crippen MR) is 97.4 cm³/mol. The van der Waals surface area contributed by atoms with Crippen LogP contribution in [0.1, 0.15) is 25.8 Å². The van der Waals surface area contributed by atoms with E-state index in [1.54, 1.807) is 19.1 Å². The van der Waals surface area contributed by atoms with Gasteiger partial charge in [0.1, 0.15) is 32.7 Å². The molecule has 6 heteroatoms. The number of carbonyl (C=O) groups excluding carboxylic acids is 1. The molecule has 1 amide bonds. The maximum atomic E-state index is 12.0. The fraction of sp³-hybridized carbons (Fsp3) is 0.632. The maximum absolute atomic E-state index is 12.0. The summed E-state index contributed by atoms with van der Waals surface area (Å²) in [6.45, 7) is 9.96. The third kappa shape index (κ3) is 5.90. The van der Waals surface area contributed by atoms with Crippen molar-refractivity contribution in [2.45, 2.75) is 32.9 Å². The average molecular weight is 351 g/mol. The number of quaternary nitrogens is 2. The van der Waals surface area contributed by atoms with Crippen molar-refractivity contribution in [2.24, 2.45) is 0 Å². The first kappa shape index (κ1) is 19.5. The molecule has 1 aromatic carbocycles. The van der Waals surface area contributed by atoms with Gasteiger partial charge in [0, 0.05) is 11.6 Å². The van der Waals surface area contributed by atoms with Gasteiger partial charge in [-0.25, -0.2) is 0 Å². The summed E-state index contributed by atoms with van der Waals surface area (Å²) in [5.41, 5.74) is 1.26. The molecule has 2 rings (SSSR count). The van der Waals surface area contributed by atoms with Crippen LogP contribution in [-0.2, 0) is 11.3 Å². The Morgan fingerprint density at radius 1 is 1.12 bits per heavy atom. The molecular weight excluding hydrogens is 318 g/mol. The molecule has 25 heavy (non-hydrogen) atoms. The van der Waals surface area contributed by atoms with E-state index < -0.39 is 0 Å². The van der Waals surface area contributed by atoms with Gasteiger partial charge < -0.3 is 24.6 Å². The van der Waals surface area contributed by atoms with E-state index in [0.717, 1.165) is 50.6 Å². The molecule has 1 heterocycles. The van der Waals surface area contributed by atoms with E-state index >= 15 is 0 Å². The van der Waals surface area contributed by atoms with Crippen LogP contribution < -0.4 is 24.6 Å². The van der Waals surface area contributed by atoms with Crippen molar-refractivity contribution in [1.29, 1.82) is 0 Å². The summed E-state index contributed by atoms with van der Waals surface area (Å²) >= 11 is 0. The first-order valence-corrected chi connectivity index (χ1v) is 9.23. The van der Waals surface area contributed by atoms with Gasteiger partial charge in [0.2, 0.25) is 0 Å². The molecule has 0 aromatic heterocycles. The summed E-state index contributed by atoms with van der Waals surface area (Å²) in [6, 6.07) is 6.40. The second-order valence-corrected chi connectivity index (χ2v) is 6.92. The van der Waals surface area contributed by atoms with Crippen molar-refractivity contribution in [3.63, 3.8) is 0 Å². The predicted octanol–water partition coefficient (Wildman–Crippen LogP) is -1.10. The van der Waals surface area contributed by atoms with E-state index in [1.165, 1.54) is 10.5 Å². The lowest BCUT2D eigenvalue weighted by molar-refractivity contribution is -1.02. The highest BCUT2D eigenvalue weighted by Gasteiger charge is 2.25. The molecule has 1 atom stereocenters. The zero-order valence-corrected chi connectivity index (χ0v) is 16.0. The van der Waals surface area contributed by atoms with Gasteiger partial charge in [0.25, 0.3) is 5.91 Å². The fourth-order valence-corrected chi connectivity index (χ4v) is 3.24. The first-order valence-electron chi connectivity index (χ1n) is 9.23. The van der Waals surface area contributed by atoms with Gasteiger partial charge in [-0.2, -0.15) is 0 Å². The number of hydrogen-bond acceptors (Lipinski definition) is 3. The summed E-state index contributed by atoms with van der Waals surface area (Å²) in [6.07, 6.45) is 0.977. The minimum atomic E-state index is 0.174. The van der Waals surface area contributed by atoms with Crippen molar-refractivity contribution in [1.82, 2.24) is 5.32 Å². The highest BCUT2D eigenvalue weighted by atomic mass is 16.5. The van der Waals surface area contributed by atoms with Gasteiger partial charge in [-0.1, -0.05) is 6.92 Å². The summed E-state index contributed by atoms with van der Waals surface area (Å²) < 4.78 is 10.7. The van der Waals surface area contributed by atoms with Gasteiger partial charge in [0.05, 0.1) is 14.2 Å². The van der Waals surface area contributed by atoms with Gasteiger partial charge in [-0.15, -0.1) is 0 Å². The Hall–Kier alpha value is -1.79. The molecule has 1 aromatic rings. The average Bonchev–Trinajstić information content (AvgIpc) is 2.63. The number of amides is 1. The maximum Gasteiger partial charge on any atom is 0.275 e. The molecule has 1 saturated heterocycles. The monoisotopic (exact) mass is 351 g/mol. The number of piperazine rings is 1. The van der Waals surface area contributed by atoms with Gasteiger partial charge in [-0.3, -0.25) is 4.79 Å². The summed E-state index contributed by atoms with van der Waals surface area (Å²) in [5.74, 6) is 1.72. The SMILES string of the molecule is CC[C@H](C)NC(=O)C[NH+]1CC[NH+](Cc2ccc(OC)c(OC)c2)CC1. The lowest BCUT2D eigenvalue weighted by Gasteiger charge is -2.29. The minimum absolute atomic E-state index is 0.174. The van der Waals surface area contributed by atoms with Crippen LogP contribution in [0.25, 0.3) is 0 Å². The van der Waals surface area contributed by atoms with Crippen LogP contribution in [0.3, 0.4) is 0 Å². The van der Waals surface area contributed by atoms with E-state index in [2.05, 4.69) is 31.3 Å². The Morgan fingerprint density at radius 2 is 1.76 bits per heavy atom. The molecule has 3 N–H and O–H groups in total. The second-order valence-electron chi connectivity index (χ2n) is 6.92. The second kappa shape index (κ2) is 9.63. The summed E-state index contributed by atoms with van der Waals surface area (Å²) in [5, 5.41) is 3.06. The Labute approximate surface area is 151 Å². The van der Waals surface area contributed by atoms with Crippen molar-refractivity contribution in [2.75, 3.05) is 46.9 Å². The molecule has 1 aliphatic heterocycles. The molecule has 6 nitrogen and oxygen atoms in total. The topological polar surface area (TPSA) is 56.4 Å². The number of benzene rings is 1. The quantitative estimate of drug-likeness (QED) is 0.557. The molecule has 0 radical (unpaired) electrons. The van der Waals surface area contributed by atoms with E-state index in [0.29, 0.717) is 6.54 Å². The molecule has 1 aliphatic rings. The molecule has 0 unspecified atom stereocenters. The zero-order valence-electron chi connectivity index (χ0n) is 16.0. The van der Waals surface area contributed by atoms with Crippen LogP contribution in [0.5, 0.6) is 11.5 Å². The zero-order chi connectivity index (χ0) is 18.2. The standard InChI is InChI=1S/C19H31N3O3/c1-5-15(2)20-19(23)14-22-10-8-21(9-11-22)13-16-6-7-17(24-3)18(12-16)25-4/h6-7,12,15H,5,8-11,13-14H2,1-4H3,(H,20,23)/p+2/t15-/m0/s1. The highest BCUT2D eigenvalue weighted by molar-refractivity contribution is 5.77. The van der Waals surface area contributed by atoms with Gasteiger partial charge in [-0.05, 0) is 31.5 Å². The number of methoxy groups -OCH3 is 2. The van der Waals surface area contributed by atoms with Gasteiger partial charge in [0.15, 0.2) is 18.0 Å². The number of carbonyl (C=O) groups is 1. The highest BCUT2D eigenvalue weighted by Crippen LogP contribution is 2.27. The number of hydrogen-bond donors (Lipinski definition) is 3. The number of nitrogens with one attached hydrogen (secondary N) is 3. The van der Waals surface area contributed by atoms with Crippen molar-refractivity contribution in [3.8, 4) is 11.5 Å². The Morgan fingerprint density at radius 3 is 2.36 bits per heavy atom. The molecule has 0 saturated carbocycles. The third-order valence-corrected chi connectivity index (χ3v) is 5.00. The van der Waals surface area contributed by atoms with Crippen molar-refractivity contribution in [3.05, 3.63) is 23.8 Å². The van der Waals surface area contributed by atoms with Crippen LogP contribution in [-0.4, -0.2) is 58.9 Å². The first-order chi connectivity index (χ1) is 12.0. The lowest BCUT2D eigenvalue weighted by atomic mass is 10.1. The minimum Gasteiger partial charge on any atom is -0.493 e. The van der Waals surface area contributed by atoms with Crippen LogP contribution >= 0.6 is 0 Å². The molecule has 0 aliphatic carbocycles. The largest absolute Gasteiger partial charge is 0.493 e. The third-order valence-electron chi connectivity index (χ3n) is 5.00. The van der Waals surface area contributed by atoms with Crippen molar-refractivity contribution >= 4 is 5.91 Å². The van der Waals surface area contributed by atoms with E-state index in [-0.39, 0.29) is 11.9 Å². The number of rotatable bonds is 8. The molecule has 0 bridgehead atoms. The van der Waals surface area contributed by atoms with Crippen LogP contribution in [0.15, 0.2) is 18.2 Å². The van der Waals surface area contributed by atoms with E-state index in [1.807, 2.05) is 6.07 Å². The lowest BCUT2D eigenvalue weighted by Crippen LogP contribution is -3.28.